The lowest BCUT2D eigenvalue weighted by atomic mass is 9.74. The molecule has 0 bridgehead atoms. The number of fused-ring (bicyclic) bond motifs is 1. The van der Waals surface area contributed by atoms with E-state index in [4.69, 9.17) is 34.2 Å². The fourth-order valence-electron chi connectivity index (χ4n) is 13.1. The van der Waals surface area contributed by atoms with Crippen molar-refractivity contribution < 1.29 is 87.8 Å². The Morgan fingerprint density at radius 1 is 0.832 bits per heavy atom. The number of aromatic nitrogens is 1. The van der Waals surface area contributed by atoms with Crippen LogP contribution in [0.4, 0.5) is 4.79 Å². The third kappa shape index (κ3) is 21.6. The summed E-state index contributed by atoms with van der Waals surface area (Å²) in [5.41, 5.74) is 1.62. The first-order valence-corrected chi connectivity index (χ1v) is 33.3. The minimum absolute atomic E-state index is 0.0638. The zero-order valence-corrected chi connectivity index (χ0v) is 59.0. The number of aliphatic hydroxyl groups excluding tert-OH is 4. The van der Waals surface area contributed by atoms with Crippen LogP contribution in [0.2, 0.25) is 0 Å². The number of rotatable bonds is 20. The number of carbonyl (C=O) groups excluding carboxylic acids is 6. The number of pyridine rings is 1. The number of aliphatic hydroxyl groups is 6. The van der Waals surface area contributed by atoms with E-state index in [1.807, 2.05) is 103 Å². The van der Waals surface area contributed by atoms with Gasteiger partial charge in [-0.3, -0.25) is 24.0 Å². The van der Waals surface area contributed by atoms with E-state index in [9.17, 15) is 59.4 Å². The van der Waals surface area contributed by atoms with E-state index in [-0.39, 0.29) is 62.0 Å². The lowest BCUT2D eigenvalue weighted by Crippen LogP contribution is -2.61. The highest BCUT2D eigenvalue weighted by Gasteiger charge is 2.54. The first-order chi connectivity index (χ1) is 44.1. The highest BCUT2D eigenvalue weighted by Crippen LogP contribution is 2.41. The number of nitrogens with two attached hydrogens (primary N) is 1. The predicted molar refractivity (Wildman–Crippen MR) is 356 cm³/mol. The largest absolute Gasteiger partial charge is 0.459 e. The quantitative estimate of drug-likeness (QED) is 0.0694. The molecule has 2 aromatic carbocycles. The van der Waals surface area contributed by atoms with E-state index in [1.165, 1.54) is 38.8 Å². The van der Waals surface area contributed by atoms with Crippen LogP contribution in [-0.4, -0.2) is 223 Å². The molecule has 534 valence electrons. The summed E-state index contributed by atoms with van der Waals surface area (Å²) in [5, 5.41) is 78.2. The van der Waals surface area contributed by atoms with Gasteiger partial charge in [0.05, 0.1) is 78.3 Å². The molecule has 3 aromatic rings. The summed E-state index contributed by atoms with van der Waals surface area (Å²) >= 11 is 0. The van der Waals surface area contributed by atoms with Gasteiger partial charge in [-0.25, -0.2) is 9.78 Å². The van der Waals surface area contributed by atoms with Gasteiger partial charge in [-0.1, -0.05) is 96.1 Å². The molecule has 0 spiro atoms. The van der Waals surface area contributed by atoms with E-state index < -0.39 is 155 Å². The van der Waals surface area contributed by atoms with Crippen molar-refractivity contribution in [2.45, 2.75) is 250 Å². The molecule has 0 radical (unpaired) electrons. The van der Waals surface area contributed by atoms with Crippen LogP contribution in [0, 0.1) is 29.6 Å². The molecule has 6 rings (SSSR count). The number of Topliss-reactive ketones (excluding diaryl/α,β-unsaturated/α-hetero) is 1. The number of esters is 1. The van der Waals surface area contributed by atoms with Gasteiger partial charge < -0.3 is 90.5 Å². The Labute approximate surface area is 560 Å². The maximum absolute atomic E-state index is 14.1. The molecule has 0 unspecified atom stereocenters. The average molecular weight is 1340 g/mol. The number of primary amides is 1. The predicted octanol–water partition coefficient (Wildman–Crippen LogP) is 4.55. The molecule has 3 aliphatic rings. The number of hydrogen-bond donors (Lipinski definition) is 10. The third-order valence-electron chi connectivity index (χ3n) is 18.5. The third-order valence-corrected chi connectivity index (χ3v) is 18.5. The number of urea groups is 1. The highest BCUT2D eigenvalue weighted by molar-refractivity contribution is 5.99. The maximum Gasteiger partial charge on any atom is 0.317 e. The minimum Gasteiger partial charge on any atom is -0.459 e. The first-order valence-electron chi connectivity index (χ1n) is 33.3. The lowest BCUT2D eigenvalue weighted by molar-refractivity contribution is -0.318. The van der Waals surface area contributed by atoms with Crippen LogP contribution in [0.3, 0.4) is 0 Å². The lowest BCUT2D eigenvalue weighted by Gasteiger charge is -2.49. The van der Waals surface area contributed by atoms with Crippen molar-refractivity contribution in [1.82, 2.24) is 30.7 Å². The summed E-state index contributed by atoms with van der Waals surface area (Å²) in [5.74, 6) is -7.00. The molecule has 25 nitrogen and oxygen atoms in total. The maximum atomic E-state index is 14.1. The van der Waals surface area contributed by atoms with Crippen LogP contribution in [0.1, 0.15) is 152 Å². The Morgan fingerprint density at radius 3 is 2.05 bits per heavy atom. The number of nitrogens with one attached hydrogen (secondary N) is 3. The Morgan fingerprint density at radius 2 is 1.46 bits per heavy atom. The topological polar surface area (TPSA) is 361 Å². The summed E-state index contributed by atoms with van der Waals surface area (Å²) in [6.45, 7) is 26.2. The Balaban J connectivity index is 0.000000348. The normalized spacial score (nSPS) is 33.0. The first kappa shape index (κ1) is 79.9. The number of nitrogens with zero attached hydrogens (tertiary/aromatic N) is 3. The highest BCUT2D eigenvalue weighted by atomic mass is 16.7. The van der Waals surface area contributed by atoms with Crippen LogP contribution in [-0.2, 0) is 54.0 Å². The van der Waals surface area contributed by atoms with Gasteiger partial charge in [0.15, 0.2) is 12.6 Å². The van der Waals surface area contributed by atoms with Crippen molar-refractivity contribution >= 4 is 46.4 Å². The smallest absolute Gasteiger partial charge is 0.317 e. The molecule has 3 fully saturated rings. The second-order valence-corrected chi connectivity index (χ2v) is 28.9. The van der Waals surface area contributed by atoms with Gasteiger partial charge in [0.2, 0.25) is 11.8 Å². The minimum atomic E-state index is -1.99. The second kappa shape index (κ2) is 34.1. The molecule has 5 amide bonds. The summed E-state index contributed by atoms with van der Waals surface area (Å²) in [7, 11) is 5.18. The van der Waals surface area contributed by atoms with Gasteiger partial charge in [0.25, 0.3) is 5.91 Å². The van der Waals surface area contributed by atoms with Crippen molar-refractivity contribution in [2.75, 3.05) is 34.3 Å². The fraction of sp³-hybridized carbons (Fsp3) is 0.700. The van der Waals surface area contributed by atoms with Crippen molar-refractivity contribution in [1.29, 1.82) is 0 Å². The number of ether oxygens (including phenoxy) is 6. The van der Waals surface area contributed by atoms with Crippen molar-refractivity contribution in [2.24, 2.45) is 35.3 Å². The molecular weight excluding hydrogens is 1230 g/mol. The molecule has 21 atom stereocenters. The molecule has 3 saturated heterocycles. The van der Waals surface area contributed by atoms with E-state index in [1.54, 1.807) is 59.7 Å². The van der Waals surface area contributed by atoms with Crippen LogP contribution >= 0.6 is 0 Å². The number of benzene rings is 2. The number of para-hydroxylation sites is 1. The number of methoxy groups -OCH3 is 1. The van der Waals surface area contributed by atoms with Crippen molar-refractivity contribution in [3.63, 3.8) is 0 Å². The van der Waals surface area contributed by atoms with Gasteiger partial charge in [-0.2, -0.15) is 0 Å². The molecule has 0 saturated carbocycles. The molecule has 25 heteroatoms. The molecule has 1 aromatic heterocycles. The number of amides is 5. The molecule has 0 aliphatic carbocycles. The van der Waals surface area contributed by atoms with E-state index >= 15 is 0 Å². The molecular formula is C70H111N7O18. The molecule has 4 heterocycles. The summed E-state index contributed by atoms with van der Waals surface area (Å²) in [6.07, 6.45) is -11.1. The SMILES string of the molecule is CC(C)CN(C[C@@H](O)[C@H](Cc1ccccc1)NC(=O)[C@H](CC(N)=O)NC(=O)c1ccc2ccccc2n1)C(=O)NC(C)(C)C.CC[C@H]1OC(=O)[C@H](C)[C@@H](O[C@H]2C[C@@](C)(OC)[C@@H](O)[C@H](C)O2)[C@H](C)[C@@H](O[C@@H]2O[C@H](C)C[C@H](N(C)C)[C@H]2O)[C@](C)(O)C[C@@H](C)C(=O)[C@H](C)[C@@H](O)[C@]1(C)O. The standard InChI is InChI=1S/C37H67NO13.C33H44N6O5/c1-14-25-37(10,45)30(41)20(4)27(39)18(2)16-35(8,44)32(51-34-28(40)24(38(11)12)15-19(3)47-34)21(5)29(22(6)33(43)49-25)50-26-17-36(9,46-13)31(42)23(7)48-26;1-21(2)19-39(32(44)38-33(3,4)5)20-28(40)26(17-22-11-7-6-8-12-22)36-31(43)27(18-29(34)41)37-30(42)25-16-15-23-13-9-10-14-24(23)35-25/h18-26,28-32,34,40-42,44-45H,14-17H2,1-13H3;6-16,21,26-28,40H,17-20H2,1-5H3,(H2,34,41)(H,36,43)(H,37,42)(H,38,44)/t18-,19-,20+,21+,22-,23+,24+,25-,26+,28-,29+,30-,31+,32-,34+,35-,36-,37-;26-,27-,28+/m10/s1. The van der Waals surface area contributed by atoms with Crippen LogP contribution in [0.5, 0.6) is 0 Å². The summed E-state index contributed by atoms with van der Waals surface area (Å²) < 4.78 is 37.1. The Hall–Kier alpha value is -5.81. The zero-order valence-electron chi connectivity index (χ0n) is 59.0. The zero-order chi connectivity index (χ0) is 71.4. The Bertz CT molecular complexity index is 3000. The van der Waals surface area contributed by atoms with Gasteiger partial charge in [-0.15, -0.1) is 0 Å². The monoisotopic (exact) mass is 1340 g/mol. The second-order valence-electron chi connectivity index (χ2n) is 28.9. The van der Waals surface area contributed by atoms with E-state index in [0.717, 1.165) is 10.9 Å². The van der Waals surface area contributed by atoms with E-state index in [2.05, 4.69) is 20.9 Å². The number of cyclic esters (lactones) is 1. The van der Waals surface area contributed by atoms with E-state index in [0.29, 0.717) is 18.5 Å². The number of carbonyl (C=O) groups is 6. The number of ketones is 1. The average Bonchev–Trinajstić information content (AvgIpc) is 0.780. The van der Waals surface area contributed by atoms with Crippen LogP contribution < -0.4 is 21.7 Å². The summed E-state index contributed by atoms with van der Waals surface area (Å²) in [6, 6.07) is 17.0. The van der Waals surface area contributed by atoms with Gasteiger partial charge in [-0.05, 0) is 126 Å². The number of hydrogen-bond acceptors (Lipinski definition) is 20. The van der Waals surface area contributed by atoms with Gasteiger partial charge >= 0.3 is 12.0 Å². The fourth-order valence-corrected chi connectivity index (χ4v) is 13.1. The summed E-state index contributed by atoms with van der Waals surface area (Å²) in [4.78, 5) is 87.4. The Kier molecular flexibility index (Phi) is 28.7. The van der Waals surface area contributed by atoms with Gasteiger partial charge in [0, 0.05) is 54.8 Å². The number of likely N-dealkylation sites (N-methyl/N-ethyl adjacent to an activating group) is 1. The molecule has 3 aliphatic heterocycles. The molecule has 95 heavy (non-hydrogen) atoms. The molecule has 11 N–H and O–H groups in total. The van der Waals surface area contributed by atoms with Crippen LogP contribution in [0.15, 0.2) is 66.7 Å². The van der Waals surface area contributed by atoms with Gasteiger partial charge in [0.1, 0.15) is 41.4 Å². The van der Waals surface area contributed by atoms with Crippen molar-refractivity contribution in [3.05, 3.63) is 78.0 Å². The van der Waals surface area contributed by atoms with Crippen molar-refractivity contribution in [3.8, 4) is 0 Å². The van der Waals surface area contributed by atoms with Crippen LogP contribution in [0.25, 0.3) is 10.9 Å².